The van der Waals surface area contributed by atoms with Crippen molar-refractivity contribution in [2.75, 3.05) is 27.5 Å². The minimum Gasteiger partial charge on any atom is -0.361 e. The predicted octanol–water partition coefficient (Wildman–Crippen LogP) is 1.32. The quantitative estimate of drug-likeness (QED) is 0.846. The summed E-state index contributed by atoms with van der Waals surface area (Å²) in [5.41, 5.74) is 1.40. The summed E-state index contributed by atoms with van der Waals surface area (Å²) in [6, 6.07) is 4.64. The summed E-state index contributed by atoms with van der Waals surface area (Å²) in [7, 11) is -2.94. The molecule has 110 valence electrons. The molecule has 0 atom stereocenters. The first-order valence-corrected chi connectivity index (χ1v) is 7.50. The second-order valence-corrected chi connectivity index (χ2v) is 6.17. The molecule has 0 unspecified atom stereocenters. The maximum absolute atomic E-state index is 12.0. The van der Waals surface area contributed by atoms with Crippen molar-refractivity contribution in [3.05, 3.63) is 35.5 Å². The summed E-state index contributed by atoms with van der Waals surface area (Å²) in [4.78, 5) is 3.60. The molecule has 0 fully saturated rings. The molecule has 0 aliphatic carbocycles. The standard InChI is InChI=1S/C14H21N3O2S/c1-15-20(18,19)10-11-4-5-14-13(8-11)12(9-16-14)6-7-17(2)3/h4-5,8-9,15-16H,6-7,10H2,1-3H3/i1D3,2D3,7D2. The van der Waals surface area contributed by atoms with Crippen molar-refractivity contribution in [2.45, 2.75) is 12.2 Å². The van der Waals surface area contributed by atoms with Crippen LogP contribution >= 0.6 is 0 Å². The fraction of sp³-hybridized carbons (Fsp3) is 0.429. The van der Waals surface area contributed by atoms with Gasteiger partial charge in [-0.05, 0) is 50.7 Å². The Kier molecular flexibility index (Phi) is 2.26. The van der Waals surface area contributed by atoms with E-state index in [2.05, 4.69) is 4.98 Å². The smallest absolute Gasteiger partial charge is 0.215 e. The normalized spacial score (nSPS) is 20.3. The number of aromatic amines is 1. The number of fused-ring (bicyclic) bond motifs is 1. The summed E-state index contributed by atoms with van der Waals surface area (Å²) < 4.78 is 85.0. The Balaban J connectivity index is 2.32. The molecule has 0 aliphatic rings. The van der Waals surface area contributed by atoms with Gasteiger partial charge in [0.1, 0.15) is 0 Å². The third kappa shape index (κ3) is 3.59. The molecule has 2 N–H and O–H groups in total. The van der Waals surface area contributed by atoms with E-state index >= 15 is 0 Å². The molecule has 1 heterocycles. The van der Waals surface area contributed by atoms with Crippen molar-refractivity contribution in [2.24, 2.45) is 0 Å². The molecule has 0 spiro atoms. The van der Waals surface area contributed by atoms with Crippen LogP contribution in [0.4, 0.5) is 0 Å². The highest BCUT2D eigenvalue weighted by Gasteiger charge is 2.11. The van der Waals surface area contributed by atoms with Gasteiger partial charge < -0.3 is 9.88 Å². The van der Waals surface area contributed by atoms with Crippen molar-refractivity contribution in [1.82, 2.24) is 14.6 Å². The lowest BCUT2D eigenvalue weighted by Crippen LogP contribution is -2.20. The summed E-state index contributed by atoms with van der Waals surface area (Å²) in [5.74, 6) is -0.561. The lowest BCUT2D eigenvalue weighted by molar-refractivity contribution is 0.414. The number of aryl methyl sites for hydroxylation is 1. The SMILES string of the molecule is [2H]C([2H])([2H])NS(=O)(=O)Cc1ccc2[nH]cc(CC([2H])([2H])N(C)C([2H])([2H])[2H])c2c1. The van der Waals surface area contributed by atoms with Gasteiger partial charge in [-0.3, -0.25) is 0 Å². The molecular formula is C14H21N3O2S. The largest absolute Gasteiger partial charge is 0.361 e. The van der Waals surface area contributed by atoms with Crippen molar-refractivity contribution in [1.29, 1.82) is 0 Å². The minimum absolute atomic E-state index is 0.244. The van der Waals surface area contributed by atoms with Crippen LogP contribution < -0.4 is 4.72 Å². The average molecular weight is 303 g/mol. The summed E-state index contributed by atoms with van der Waals surface area (Å²) in [5, 5.41) is 0.532. The molecular weight excluding hydrogens is 274 g/mol. The minimum atomic E-state index is -4.10. The van der Waals surface area contributed by atoms with Crippen molar-refractivity contribution in [3.63, 3.8) is 0 Å². The lowest BCUT2D eigenvalue weighted by atomic mass is 10.1. The van der Waals surface area contributed by atoms with Gasteiger partial charge in [0.15, 0.2) is 0 Å². The van der Waals surface area contributed by atoms with Gasteiger partial charge in [0.25, 0.3) is 0 Å². The first-order chi connectivity index (χ1) is 12.5. The van der Waals surface area contributed by atoms with Crippen LogP contribution in [0.1, 0.15) is 22.1 Å². The average Bonchev–Trinajstić information content (AvgIpc) is 2.84. The van der Waals surface area contributed by atoms with E-state index in [0.717, 1.165) is 0 Å². The van der Waals surface area contributed by atoms with E-state index in [-0.39, 0.29) is 6.42 Å². The highest BCUT2D eigenvalue weighted by atomic mass is 32.2. The molecule has 20 heavy (non-hydrogen) atoms. The van der Waals surface area contributed by atoms with Crippen molar-refractivity contribution in [3.8, 4) is 0 Å². The summed E-state index contributed by atoms with van der Waals surface area (Å²) in [6.07, 6.45) is 1.29. The molecule has 1 aromatic heterocycles. The predicted molar refractivity (Wildman–Crippen MR) is 82.2 cm³/mol. The number of hydrogen-bond donors (Lipinski definition) is 2. The van der Waals surface area contributed by atoms with Gasteiger partial charge in [-0.15, -0.1) is 0 Å². The molecule has 0 saturated heterocycles. The number of hydrogen-bond acceptors (Lipinski definition) is 3. The van der Waals surface area contributed by atoms with E-state index in [4.69, 9.17) is 11.0 Å². The van der Waals surface area contributed by atoms with Crippen LogP contribution in [0.15, 0.2) is 24.4 Å². The zero-order chi connectivity index (χ0) is 21.5. The monoisotopic (exact) mass is 303 g/mol. The van der Waals surface area contributed by atoms with Crippen LogP contribution in [0, 0.1) is 0 Å². The van der Waals surface area contributed by atoms with E-state index in [0.29, 0.717) is 26.9 Å². The Hall–Kier alpha value is -1.37. The zero-order valence-corrected chi connectivity index (χ0v) is 11.7. The highest BCUT2D eigenvalue weighted by molar-refractivity contribution is 7.88. The van der Waals surface area contributed by atoms with E-state index in [1.54, 1.807) is 10.8 Å². The molecule has 0 amide bonds. The molecule has 5 nitrogen and oxygen atoms in total. The number of benzene rings is 1. The summed E-state index contributed by atoms with van der Waals surface area (Å²) in [6.45, 7) is -7.63. The fourth-order valence-corrected chi connectivity index (χ4v) is 2.61. The van der Waals surface area contributed by atoms with Crippen LogP contribution in [-0.2, 0) is 22.2 Å². The number of aromatic nitrogens is 1. The van der Waals surface area contributed by atoms with Crippen LogP contribution in [-0.4, -0.2) is 45.8 Å². The van der Waals surface area contributed by atoms with Gasteiger partial charge in [0.2, 0.25) is 10.0 Å². The molecule has 0 saturated carbocycles. The van der Waals surface area contributed by atoms with Crippen LogP contribution in [0.2, 0.25) is 0 Å². The first kappa shape index (κ1) is 7.59. The summed E-state index contributed by atoms with van der Waals surface area (Å²) >= 11 is 0. The topological polar surface area (TPSA) is 65.2 Å². The molecule has 0 bridgehead atoms. The number of H-pyrrole nitrogens is 1. The third-order valence-corrected chi connectivity index (χ3v) is 3.88. The Labute approximate surface area is 131 Å². The molecule has 6 heteroatoms. The third-order valence-electron chi connectivity index (χ3n) is 2.85. The van der Waals surface area contributed by atoms with E-state index in [1.165, 1.54) is 25.4 Å². The van der Waals surface area contributed by atoms with Crippen LogP contribution in [0.3, 0.4) is 0 Å². The maximum Gasteiger partial charge on any atom is 0.215 e. The second-order valence-electron chi connectivity index (χ2n) is 4.45. The van der Waals surface area contributed by atoms with Crippen molar-refractivity contribution < 1.29 is 19.4 Å². The second kappa shape index (κ2) is 5.95. The van der Waals surface area contributed by atoms with Gasteiger partial charge >= 0.3 is 0 Å². The molecule has 0 radical (unpaired) electrons. The van der Waals surface area contributed by atoms with E-state index < -0.39 is 36.2 Å². The van der Waals surface area contributed by atoms with Gasteiger partial charge in [0.05, 0.1) is 5.75 Å². The van der Waals surface area contributed by atoms with Gasteiger partial charge in [-0.25, -0.2) is 13.1 Å². The number of likely N-dealkylation sites (N-methyl/N-ethyl adjacent to an activating group) is 1. The number of nitrogens with one attached hydrogen (secondary N) is 2. The van der Waals surface area contributed by atoms with Crippen molar-refractivity contribution >= 4 is 20.9 Å². The van der Waals surface area contributed by atoms with E-state index in [1.807, 2.05) is 0 Å². The number of rotatable bonds is 6. The van der Waals surface area contributed by atoms with Crippen LogP contribution in [0.5, 0.6) is 0 Å². The first-order valence-electron chi connectivity index (χ1n) is 9.85. The molecule has 1 aromatic carbocycles. The van der Waals surface area contributed by atoms with E-state index in [9.17, 15) is 8.42 Å². The van der Waals surface area contributed by atoms with Gasteiger partial charge in [0, 0.05) is 34.6 Å². The Morgan fingerprint density at radius 2 is 2.35 bits per heavy atom. The Bertz CT molecular complexity index is 950. The van der Waals surface area contributed by atoms with Gasteiger partial charge in [-0.2, -0.15) is 0 Å². The maximum atomic E-state index is 12.0. The number of nitrogens with zero attached hydrogens (tertiary/aromatic N) is 1. The molecule has 2 aromatic rings. The molecule has 0 aliphatic heterocycles. The highest BCUT2D eigenvalue weighted by Crippen LogP contribution is 2.21. The van der Waals surface area contributed by atoms with Crippen LogP contribution in [0.25, 0.3) is 10.9 Å². The molecule has 2 rings (SSSR count). The Morgan fingerprint density at radius 3 is 3.10 bits per heavy atom. The fourth-order valence-electron chi connectivity index (χ4n) is 1.92. The van der Waals surface area contributed by atoms with Gasteiger partial charge in [-0.1, -0.05) is 6.07 Å². The number of sulfonamides is 1. The Morgan fingerprint density at radius 1 is 1.50 bits per heavy atom. The lowest BCUT2D eigenvalue weighted by Gasteiger charge is -2.08. The zero-order valence-electron chi connectivity index (χ0n) is 18.9.